The number of phenolic OH excluding ortho intramolecular Hbond substituents is 1. The first-order valence-corrected chi connectivity index (χ1v) is 10.2. The molecule has 0 bridgehead atoms. The summed E-state index contributed by atoms with van der Waals surface area (Å²) in [5.74, 6) is -0.640. The summed E-state index contributed by atoms with van der Waals surface area (Å²) < 4.78 is 0. The molecule has 0 amide bonds. The van der Waals surface area contributed by atoms with Crippen molar-refractivity contribution in [2.45, 2.75) is 104 Å². The van der Waals surface area contributed by atoms with Crippen molar-refractivity contribution in [2.75, 3.05) is 0 Å². The maximum absolute atomic E-state index is 11.7. The third kappa shape index (κ3) is 5.75. The third-order valence-electron chi connectivity index (χ3n) is 5.63. The normalized spacial score (nSPS) is 12.4. The largest absolute Gasteiger partial charge is 0.507 e. The van der Waals surface area contributed by atoms with Crippen LogP contribution in [-0.4, -0.2) is 16.2 Å². The van der Waals surface area contributed by atoms with Gasteiger partial charge in [0.2, 0.25) is 0 Å². The summed E-state index contributed by atoms with van der Waals surface area (Å²) in [6, 6.07) is 3.35. The molecular formula is C23H38O3. The van der Waals surface area contributed by atoms with Crippen LogP contribution in [0.1, 0.15) is 114 Å². The first kappa shape index (κ1) is 22.5. The summed E-state index contributed by atoms with van der Waals surface area (Å²) in [6.07, 6.45) is 8.63. The Morgan fingerprint density at radius 1 is 0.846 bits per heavy atom. The van der Waals surface area contributed by atoms with Gasteiger partial charge in [-0.05, 0) is 35.8 Å². The van der Waals surface area contributed by atoms with Gasteiger partial charge in [0.05, 0.1) is 5.56 Å². The van der Waals surface area contributed by atoms with Crippen molar-refractivity contribution in [3.63, 3.8) is 0 Å². The first-order valence-electron chi connectivity index (χ1n) is 10.2. The minimum Gasteiger partial charge on any atom is -0.507 e. The van der Waals surface area contributed by atoms with E-state index in [0.717, 1.165) is 62.5 Å². The zero-order valence-electron chi connectivity index (χ0n) is 17.6. The zero-order valence-corrected chi connectivity index (χ0v) is 17.6. The van der Waals surface area contributed by atoms with Gasteiger partial charge in [0, 0.05) is 11.1 Å². The van der Waals surface area contributed by atoms with Crippen LogP contribution in [0.3, 0.4) is 0 Å². The first-order chi connectivity index (χ1) is 12.1. The molecule has 26 heavy (non-hydrogen) atoms. The van der Waals surface area contributed by atoms with Gasteiger partial charge < -0.3 is 10.2 Å². The molecule has 2 N–H and O–H groups in total. The number of phenols is 1. The molecule has 0 aliphatic heterocycles. The molecule has 3 nitrogen and oxygen atoms in total. The topological polar surface area (TPSA) is 57.5 Å². The lowest BCUT2D eigenvalue weighted by atomic mass is 9.73. The summed E-state index contributed by atoms with van der Waals surface area (Å²) >= 11 is 0. The van der Waals surface area contributed by atoms with E-state index >= 15 is 0 Å². The van der Waals surface area contributed by atoms with Crippen LogP contribution < -0.4 is 0 Å². The fourth-order valence-electron chi connectivity index (χ4n) is 3.69. The molecule has 1 aromatic carbocycles. The second kappa shape index (κ2) is 9.43. The van der Waals surface area contributed by atoms with Crippen LogP contribution in [0.5, 0.6) is 5.75 Å². The molecule has 0 radical (unpaired) electrons. The molecule has 1 rings (SSSR count). The average molecular weight is 363 g/mol. The number of aromatic hydroxyl groups is 1. The van der Waals surface area contributed by atoms with Crippen LogP contribution in [0.25, 0.3) is 0 Å². The molecule has 0 fully saturated rings. The van der Waals surface area contributed by atoms with Gasteiger partial charge in [-0.3, -0.25) is 0 Å². The van der Waals surface area contributed by atoms with E-state index in [2.05, 4.69) is 41.5 Å². The molecule has 1 aromatic rings. The van der Waals surface area contributed by atoms with Crippen LogP contribution in [0.15, 0.2) is 12.1 Å². The van der Waals surface area contributed by atoms with Gasteiger partial charge in [0.25, 0.3) is 0 Å². The zero-order chi connectivity index (χ0) is 20.0. The molecule has 3 heteroatoms. The Kier molecular flexibility index (Phi) is 8.17. The van der Waals surface area contributed by atoms with Gasteiger partial charge in [-0.15, -0.1) is 0 Å². The summed E-state index contributed by atoms with van der Waals surface area (Å²) in [6.45, 7) is 12.8. The SMILES string of the molecule is CCCCCC(C)(C)c1cc(C(=O)O)cc(C(C)(C)CCCCC)c1O. The van der Waals surface area contributed by atoms with Crippen LogP contribution in [0.4, 0.5) is 0 Å². The van der Waals surface area contributed by atoms with E-state index in [-0.39, 0.29) is 22.1 Å². The van der Waals surface area contributed by atoms with E-state index in [1.807, 2.05) is 0 Å². The lowest BCUT2D eigenvalue weighted by Gasteiger charge is -2.32. The second-order valence-electron chi connectivity index (χ2n) is 8.91. The van der Waals surface area contributed by atoms with Gasteiger partial charge in [-0.1, -0.05) is 80.1 Å². The van der Waals surface area contributed by atoms with E-state index < -0.39 is 5.97 Å². The molecule has 0 aromatic heterocycles. The number of carboxylic acid groups (broad SMARTS) is 1. The van der Waals surface area contributed by atoms with E-state index in [1.165, 1.54) is 0 Å². The molecule has 0 unspecified atom stereocenters. The van der Waals surface area contributed by atoms with Crippen LogP contribution in [0, 0.1) is 0 Å². The summed E-state index contributed by atoms with van der Waals surface area (Å²) in [7, 11) is 0. The van der Waals surface area contributed by atoms with E-state index in [9.17, 15) is 15.0 Å². The predicted molar refractivity (Wildman–Crippen MR) is 109 cm³/mol. The Hall–Kier alpha value is -1.51. The molecule has 0 atom stereocenters. The third-order valence-corrected chi connectivity index (χ3v) is 5.63. The maximum atomic E-state index is 11.7. The van der Waals surface area contributed by atoms with E-state index in [1.54, 1.807) is 12.1 Å². The van der Waals surface area contributed by atoms with Crippen molar-refractivity contribution >= 4 is 5.97 Å². The highest BCUT2D eigenvalue weighted by molar-refractivity contribution is 5.88. The quantitative estimate of drug-likeness (QED) is 0.425. The Balaban J connectivity index is 3.35. The Morgan fingerprint density at radius 2 is 1.23 bits per heavy atom. The molecular weight excluding hydrogens is 324 g/mol. The lowest BCUT2D eigenvalue weighted by molar-refractivity contribution is 0.0696. The maximum Gasteiger partial charge on any atom is 0.335 e. The van der Waals surface area contributed by atoms with Crippen LogP contribution in [-0.2, 0) is 10.8 Å². The summed E-state index contributed by atoms with van der Waals surface area (Å²) in [4.78, 5) is 11.7. The van der Waals surface area contributed by atoms with Gasteiger partial charge in [0.1, 0.15) is 5.75 Å². The molecule has 0 saturated heterocycles. The van der Waals surface area contributed by atoms with E-state index in [4.69, 9.17) is 0 Å². The standard InChI is InChI=1S/C23H38O3/c1-7-9-11-13-22(3,4)18-15-17(21(25)26)16-19(20(18)24)23(5,6)14-12-10-8-2/h15-16,24H,7-14H2,1-6H3,(H,25,26). The highest BCUT2D eigenvalue weighted by Gasteiger charge is 2.31. The van der Waals surface area contributed by atoms with Gasteiger partial charge >= 0.3 is 5.97 Å². The number of hydrogen-bond donors (Lipinski definition) is 2. The molecule has 148 valence electrons. The fourth-order valence-corrected chi connectivity index (χ4v) is 3.69. The van der Waals surface area contributed by atoms with E-state index in [0.29, 0.717) is 0 Å². The van der Waals surface area contributed by atoms with Crippen LogP contribution >= 0.6 is 0 Å². The van der Waals surface area contributed by atoms with Crippen LogP contribution in [0.2, 0.25) is 0 Å². The molecule has 0 aliphatic rings. The van der Waals surface area contributed by atoms with Crippen molar-refractivity contribution in [3.8, 4) is 5.75 Å². The molecule has 0 spiro atoms. The molecule has 0 aliphatic carbocycles. The second-order valence-corrected chi connectivity index (χ2v) is 8.91. The van der Waals surface area contributed by atoms with Gasteiger partial charge in [-0.2, -0.15) is 0 Å². The summed E-state index contributed by atoms with van der Waals surface area (Å²) in [5.41, 5.74) is 1.32. The number of hydrogen-bond acceptors (Lipinski definition) is 2. The number of unbranched alkanes of at least 4 members (excludes halogenated alkanes) is 4. The highest BCUT2D eigenvalue weighted by atomic mass is 16.4. The fraction of sp³-hybridized carbons (Fsp3) is 0.696. The number of benzene rings is 1. The molecule has 0 heterocycles. The average Bonchev–Trinajstić information content (AvgIpc) is 2.54. The molecule has 0 saturated carbocycles. The Labute approximate surface area is 159 Å². The number of rotatable bonds is 11. The summed E-state index contributed by atoms with van der Waals surface area (Å²) in [5, 5.41) is 20.7. The Morgan fingerprint density at radius 3 is 1.54 bits per heavy atom. The van der Waals surface area contributed by atoms with Gasteiger partial charge in [-0.25, -0.2) is 4.79 Å². The number of aromatic carboxylic acids is 1. The number of carbonyl (C=O) groups is 1. The van der Waals surface area contributed by atoms with Crippen molar-refractivity contribution in [3.05, 3.63) is 28.8 Å². The Bertz CT molecular complexity index is 556. The van der Waals surface area contributed by atoms with Crippen molar-refractivity contribution in [2.24, 2.45) is 0 Å². The highest BCUT2D eigenvalue weighted by Crippen LogP contribution is 2.43. The monoisotopic (exact) mass is 362 g/mol. The lowest BCUT2D eigenvalue weighted by Crippen LogP contribution is -2.23. The van der Waals surface area contributed by atoms with Crippen molar-refractivity contribution < 1.29 is 15.0 Å². The predicted octanol–water partition coefficient (Wildman–Crippen LogP) is 6.81. The minimum atomic E-state index is -0.929. The van der Waals surface area contributed by atoms with Gasteiger partial charge in [0.15, 0.2) is 0 Å². The minimum absolute atomic E-state index is 0.251. The number of carboxylic acids is 1. The smallest absolute Gasteiger partial charge is 0.335 e. The van der Waals surface area contributed by atoms with Crippen molar-refractivity contribution in [1.82, 2.24) is 0 Å². The van der Waals surface area contributed by atoms with Crippen molar-refractivity contribution in [1.29, 1.82) is 0 Å².